The van der Waals surface area contributed by atoms with Crippen molar-refractivity contribution in [3.63, 3.8) is 0 Å². The number of nitrogens with zero attached hydrogens (tertiary/aromatic N) is 2. The zero-order valence-electron chi connectivity index (χ0n) is 13.4. The molecule has 0 aliphatic carbocycles. The van der Waals surface area contributed by atoms with Gasteiger partial charge in [-0.15, -0.1) is 0 Å². The lowest BCUT2D eigenvalue weighted by Gasteiger charge is -2.10. The summed E-state index contributed by atoms with van der Waals surface area (Å²) in [5.74, 6) is 0.136. The Morgan fingerprint density at radius 3 is 2.52 bits per heavy atom. The molecule has 0 unspecified atom stereocenters. The summed E-state index contributed by atoms with van der Waals surface area (Å²) in [4.78, 5) is 19.8. The number of rotatable bonds is 5. The smallest absolute Gasteiger partial charge is 0.337 e. The van der Waals surface area contributed by atoms with Crippen molar-refractivity contribution in [3.8, 4) is 0 Å². The highest BCUT2D eigenvalue weighted by molar-refractivity contribution is 5.90. The fraction of sp³-hybridized carbons (Fsp3) is 0.0556. The number of nitrogens with one attached hydrogen (secondary N) is 2. The summed E-state index contributed by atoms with van der Waals surface area (Å²) < 4.78 is 18.4. The van der Waals surface area contributed by atoms with E-state index in [1.807, 2.05) is 0 Å². The fourth-order valence-corrected chi connectivity index (χ4v) is 2.18. The average molecular weight is 338 g/mol. The zero-order valence-corrected chi connectivity index (χ0v) is 13.4. The van der Waals surface area contributed by atoms with Crippen LogP contribution in [0.15, 0.2) is 60.9 Å². The minimum absolute atomic E-state index is 0.319. The molecule has 126 valence electrons. The predicted octanol–water partition coefficient (Wildman–Crippen LogP) is 3.89. The summed E-state index contributed by atoms with van der Waals surface area (Å²) in [6.07, 6.45) is 1.36. The molecule has 0 bridgehead atoms. The number of ether oxygens (including phenoxy) is 1. The summed E-state index contributed by atoms with van der Waals surface area (Å²) in [5.41, 5.74) is 1.41. The second kappa shape index (κ2) is 7.39. The molecule has 0 aliphatic rings. The highest BCUT2D eigenvalue weighted by atomic mass is 19.1. The Kier molecular flexibility index (Phi) is 4.84. The van der Waals surface area contributed by atoms with Crippen molar-refractivity contribution in [1.29, 1.82) is 0 Å². The van der Waals surface area contributed by atoms with Crippen LogP contribution in [0.25, 0.3) is 0 Å². The fourth-order valence-electron chi connectivity index (χ4n) is 2.18. The topological polar surface area (TPSA) is 76.1 Å². The minimum Gasteiger partial charge on any atom is -0.465 e. The molecule has 3 aromatic rings. The Labute approximate surface area is 143 Å². The Morgan fingerprint density at radius 2 is 1.76 bits per heavy atom. The van der Waals surface area contributed by atoms with Gasteiger partial charge in [0.2, 0.25) is 0 Å². The number of methoxy groups -OCH3 is 1. The maximum absolute atomic E-state index is 13.7. The van der Waals surface area contributed by atoms with Crippen LogP contribution in [0.2, 0.25) is 0 Å². The Hall–Kier alpha value is -3.48. The van der Waals surface area contributed by atoms with Crippen LogP contribution in [0.4, 0.5) is 27.4 Å². The molecule has 0 aliphatic heterocycles. The SMILES string of the molecule is COC(=O)c1cccc(Nc2cc(Nc3ccccc3F)ncn2)c1. The first-order valence-electron chi connectivity index (χ1n) is 7.45. The van der Waals surface area contributed by atoms with Gasteiger partial charge in [-0.2, -0.15) is 0 Å². The molecule has 2 N–H and O–H groups in total. The lowest BCUT2D eigenvalue weighted by molar-refractivity contribution is 0.0601. The second-order valence-electron chi connectivity index (χ2n) is 5.09. The van der Waals surface area contributed by atoms with Gasteiger partial charge in [-0.3, -0.25) is 0 Å². The summed E-state index contributed by atoms with van der Waals surface area (Å²) in [6, 6.07) is 14.8. The molecule has 0 saturated heterocycles. The van der Waals surface area contributed by atoms with Crippen molar-refractivity contribution in [2.75, 3.05) is 17.7 Å². The molecule has 3 rings (SSSR count). The van der Waals surface area contributed by atoms with E-state index in [9.17, 15) is 9.18 Å². The van der Waals surface area contributed by atoms with Crippen LogP contribution in [0, 0.1) is 5.82 Å². The third-order valence-electron chi connectivity index (χ3n) is 3.36. The number of aromatic nitrogens is 2. The summed E-state index contributed by atoms with van der Waals surface area (Å²) in [5, 5.41) is 5.97. The Morgan fingerprint density at radius 1 is 1.00 bits per heavy atom. The molecule has 2 aromatic carbocycles. The molecule has 7 heteroatoms. The third-order valence-corrected chi connectivity index (χ3v) is 3.36. The van der Waals surface area contributed by atoms with Crippen LogP contribution in [-0.2, 0) is 4.74 Å². The van der Waals surface area contributed by atoms with Gasteiger partial charge < -0.3 is 15.4 Å². The number of halogens is 1. The Balaban J connectivity index is 1.78. The lowest BCUT2D eigenvalue weighted by Crippen LogP contribution is -2.03. The van der Waals surface area contributed by atoms with E-state index < -0.39 is 5.97 Å². The van der Waals surface area contributed by atoms with Crippen molar-refractivity contribution >= 4 is 29.0 Å². The molecule has 0 atom stereocenters. The van der Waals surface area contributed by atoms with Gasteiger partial charge in [-0.25, -0.2) is 19.2 Å². The average Bonchev–Trinajstić information content (AvgIpc) is 2.63. The number of carbonyl (C=O) groups is 1. The number of carbonyl (C=O) groups excluding carboxylic acids is 1. The summed E-state index contributed by atoms with van der Waals surface area (Å²) in [7, 11) is 1.33. The van der Waals surface area contributed by atoms with Crippen LogP contribution >= 0.6 is 0 Å². The van der Waals surface area contributed by atoms with Crippen molar-refractivity contribution in [1.82, 2.24) is 9.97 Å². The minimum atomic E-state index is -0.423. The number of hydrogen-bond donors (Lipinski definition) is 2. The van der Waals surface area contributed by atoms with Crippen LogP contribution in [0.3, 0.4) is 0 Å². The predicted molar refractivity (Wildman–Crippen MR) is 92.8 cm³/mol. The second-order valence-corrected chi connectivity index (χ2v) is 5.09. The van der Waals surface area contributed by atoms with Crippen molar-refractivity contribution in [2.45, 2.75) is 0 Å². The number of esters is 1. The van der Waals surface area contributed by atoms with Crippen LogP contribution in [-0.4, -0.2) is 23.0 Å². The molecule has 0 radical (unpaired) electrons. The molecule has 0 fully saturated rings. The number of para-hydroxylation sites is 1. The number of hydrogen-bond acceptors (Lipinski definition) is 6. The highest BCUT2D eigenvalue weighted by Crippen LogP contribution is 2.21. The maximum Gasteiger partial charge on any atom is 0.337 e. The third kappa shape index (κ3) is 4.08. The van der Waals surface area contributed by atoms with Gasteiger partial charge in [0, 0.05) is 11.8 Å². The lowest BCUT2D eigenvalue weighted by atomic mass is 10.2. The monoisotopic (exact) mass is 338 g/mol. The molecule has 25 heavy (non-hydrogen) atoms. The first-order valence-corrected chi connectivity index (χ1v) is 7.45. The van der Waals surface area contributed by atoms with Gasteiger partial charge in [0.15, 0.2) is 0 Å². The molecule has 0 amide bonds. The standard InChI is InChI=1S/C18H15FN4O2/c1-25-18(24)12-5-4-6-13(9-12)22-16-10-17(21-11-20-16)23-15-8-3-2-7-14(15)19/h2-11H,1H3,(H2,20,21,22,23). The normalized spacial score (nSPS) is 10.2. The number of benzene rings is 2. The van der Waals surface area contributed by atoms with Gasteiger partial charge in [0.1, 0.15) is 23.8 Å². The molecule has 0 spiro atoms. The maximum atomic E-state index is 13.7. The van der Waals surface area contributed by atoms with Gasteiger partial charge >= 0.3 is 5.97 Å². The van der Waals surface area contributed by atoms with E-state index in [0.717, 1.165) is 0 Å². The summed E-state index contributed by atoms with van der Waals surface area (Å²) >= 11 is 0. The largest absolute Gasteiger partial charge is 0.465 e. The highest BCUT2D eigenvalue weighted by Gasteiger charge is 2.07. The quantitative estimate of drug-likeness (QED) is 0.687. The molecule has 1 aromatic heterocycles. The van der Waals surface area contributed by atoms with Crippen molar-refractivity contribution in [2.24, 2.45) is 0 Å². The van der Waals surface area contributed by atoms with Crippen LogP contribution < -0.4 is 10.6 Å². The van der Waals surface area contributed by atoms with E-state index in [0.29, 0.717) is 28.6 Å². The number of anilines is 4. The van der Waals surface area contributed by atoms with Gasteiger partial charge in [-0.05, 0) is 30.3 Å². The van der Waals surface area contributed by atoms with E-state index in [2.05, 4.69) is 20.6 Å². The van der Waals surface area contributed by atoms with E-state index in [1.165, 1.54) is 19.5 Å². The molecular formula is C18H15FN4O2. The van der Waals surface area contributed by atoms with E-state index >= 15 is 0 Å². The Bertz CT molecular complexity index is 902. The van der Waals surface area contributed by atoms with Gasteiger partial charge in [0.25, 0.3) is 0 Å². The molecule has 1 heterocycles. The van der Waals surface area contributed by atoms with Gasteiger partial charge in [0.05, 0.1) is 18.4 Å². The molecule has 6 nitrogen and oxygen atoms in total. The van der Waals surface area contributed by atoms with Crippen molar-refractivity contribution < 1.29 is 13.9 Å². The van der Waals surface area contributed by atoms with Crippen molar-refractivity contribution in [3.05, 3.63) is 72.3 Å². The van der Waals surface area contributed by atoms with Gasteiger partial charge in [-0.1, -0.05) is 18.2 Å². The first-order chi connectivity index (χ1) is 12.2. The molecular weight excluding hydrogens is 323 g/mol. The van der Waals surface area contributed by atoms with E-state index in [-0.39, 0.29) is 5.82 Å². The first kappa shape index (κ1) is 16.4. The van der Waals surface area contributed by atoms with Crippen LogP contribution in [0.5, 0.6) is 0 Å². The summed E-state index contributed by atoms with van der Waals surface area (Å²) in [6.45, 7) is 0. The van der Waals surface area contributed by atoms with E-state index in [1.54, 1.807) is 48.5 Å². The zero-order chi connectivity index (χ0) is 17.6. The van der Waals surface area contributed by atoms with E-state index in [4.69, 9.17) is 4.74 Å². The van der Waals surface area contributed by atoms with Crippen LogP contribution in [0.1, 0.15) is 10.4 Å². The molecule has 0 saturated carbocycles.